The lowest BCUT2D eigenvalue weighted by atomic mass is 10.4. The SMILES string of the molecule is C/C=C(\C=O)SCCCC. The normalized spacial score (nSPS) is 11.6. The molecular formula is C8H14OS. The summed E-state index contributed by atoms with van der Waals surface area (Å²) in [7, 11) is 0. The molecule has 0 bridgehead atoms. The molecule has 0 unspecified atom stereocenters. The van der Waals surface area contributed by atoms with Crippen molar-refractivity contribution in [3.8, 4) is 0 Å². The molecule has 2 heteroatoms. The molecule has 0 saturated heterocycles. The Labute approximate surface area is 66.9 Å². The Balaban J connectivity index is 3.36. The van der Waals surface area contributed by atoms with Crippen molar-refractivity contribution in [2.75, 3.05) is 5.75 Å². The Morgan fingerprint density at radius 3 is 2.70 bits per heavy atom. The zero-order chi connectivity index (χ0) is 7.82. The second kappa shape index (κ2) is 6.87. The van der Waals surface area contributed by atoms with Gasteiger partial charge in [-0.3, -0.25) is 4.79 Å². The predicted molar refractivity (Wildman–Crippen MR) is 47.2 cm³/mol. The van der Waals surface area contributed by atoms with Crippen LogP contribution in [0.1, 0.15) is 26.7 Å². The van der Waals surface area contributed by atoms with Crippen molar-refractivity contribution in [1.29, 1.82) is 0 Å². The number of unbranched alkanes of at least 4 members (excludes halogenated alkanes) is 1. The Morgan fingerprint density at radius 2 is 2.30 bits per heavy atom. The van der Waals surface area contributed by atoms with Gasteiger partial charge >= 0.3 is 0 Å². The van der Waals surface area contributed by atoms with E-state index in [2.05, 4.69) is 6.92 Å². The van der Waals surface area contributed by atoms with Gasteiger partial charge in [0.2, 0.25) is 0 Å². The zero-order valence-electron chi connectivity index (χ0n) is 6.59. The molecule has 0 aromatic rings. The maximum atomic E-state index is 10.2. The van der Waals surface area contributed by atoms with Gasteiger partial charge in [0, 0.05) is 4.91 Å². The minimum atomic E-state index is 0.855. The lowest BCUT2D eigenvalue weighted by Gasteiger charge is -1.95. The quantitative estimate of drug-likeness (QED) is 0.347. The van der Waals surface area contributed by atoms with E-state index in [-0.39, 0.29) is 0 Å². The van der Waals surface area contributed by atoms with Gasteiger partial charge in [0.25, 0.3) is 0 Å². The van der Waals surface area contributed by atoms with Crippen molar-refractivity contribution >= 4 is 18.0 Å². The summed E-state index contributed by atoms with van der Waals surface area (Å²) >= 11 is 1.64. The van der Waals surface area contributed by atoms with Crippen molar-refractivity contribution in [1.82, 2.24) is 0 Å². The second-order valence-corrected chi connectivity index (χ2v) is 3.18. The van der Waals surface area contributed by atoms with Crippen molar-refractivity contribution in [2.24, 2.45) is 0 Å². The molecule has 0 aliphatic rings. The van der Waals surface area contributed by atoms with E-state index in [0.29, 0.717) is 0 Å². The van der Waals surface area contributed by atoms with Gasteiger partial charge in [-0.1, -0.05) is 19.4 Å². The summed E-state index contributed by atoms with van der Waals surface area (Å²) < 4.78 is 0. The van der Waals surface area contributed by atoms with Crippen molar-refractivity contribution in [2.45, 2.75) is 26.7 Å². The van der Waals surface area contributed by atoms with E-state index in [1.165, 1.54) is 12.8 Å². The first-order valence-electron chi connectivity index (χ1n) is 3.59. The van der Waals surface area contributed by atoms with Crippen LogP contribution in [0, 0.1) is 0 Å². The fourth-order valence-electron chi connectivity index (χ4n) is 0.520. The van der Waals surface area contributed by atoms with Crippen LogP contribution in [0.5, 0.6) is 0 Å². The molecule has 0 aliphatic heterocycles. The summed E-state index contributed by atoms with van der Waals surface area (Å²) in [6.45, 7) is 4.04. The molecule has 58 valence electrons. The molecule has 0 rings (SSSR count). The molecule has 10 heavy (non-hydrogen) atoms. The van der Waals surface area contributed by atoms with Crippen molar-refractivity contribution in [3.63, 3.8) is 0 Å². The van der Waals surface area contributed by atoms with Crippen LogP contribution in [0.3, 0.4) is 0 Å². The van der Waals surface area contributed by atoms with E-state index in [4.69, 9.17) is 0 Å². The minimum Gasteiger partial charge on any atom is -0.297 e. The summed E-state index contributed by atoms with van der Waals surface area (Å²) in [6.07, 6.45) is 5.16. The lowest BCUT2D eigenvalue weighted by molar-refractivity contribution is -0.104. The number of aldehydes is 1. The number of carbonyl (C=O) groups is 1. The van der Waals surface area contributed by atoms with Crippen LogP contribution in [-0.2, 0) is 4.79 Å². The number of thioether (sulfide) groups is 1. The highest BCUT2D eigenvalue weighted by atomic mass is 32.2. The fourth-order valence-corrected chi connectivity index (χ4v) is 1.42. The maximum Gasteiger partial charge on any atom is 0.156 e. The summed E-state index contributed by atoms with van der Waals surface area (Å²) in [5.41, 5.74) is 0. The average Bonchev–Trinajstić information content (AvgIpc) is 1.99. The molecule has 0 N–H and O–H groups in total. The van der Waals surface area contributed by atoms with E-state index in [9.17, 15) is 4.79 Å². The fraction of sp³-hybridized carbons (Fsp3) is 0.625. The molecule has 1 nitrogen and oxygen atoms in total. The summed E-state index contributed by atoms with van der Waals surface area (Å²) in [6, 6.07) is 0. The Morgan fingerprint density at radius 1 is 1.60 bits per heavy atom. The number of hydrogen-bond acceptors (Lipinski definition) is 2. The smallest absolute Gasteiger partial charge is 0.156 e. The average molecular weight is 158 g/mol. The molecule has 0 atom stereocenters. The third kappa shape index (κ3) is 4.62. The molecule has 0 fully saturated rings. The predicted octanol–water partition coefficient (Wildman–Crippen LogP) is 2.62. The molecular weight excluding hydrogens is 144 g/mol. The molecule has 0 spiro atoms. The largest absolute Gasteiger partial charge is 0.297 e. The third-order valence-corrected chi connectivity index (χ3v) is 2.33. The Hall–Kier alpha value is -0.240. The van der Waals surface area contributed by atoms with Crippen LogP contribution in [0.15, 0.2) is 11.0 Å². The van der Waals surface area contributed by atoms with Gasteiger partial charge in [-0.15, -0.1) is 11.8 Å². The van der Waals surface area contributed by atoms with Crippen molar-refractivity contribution < 1.29 is 4.79 Å². The molecule has 0 aromatic carbocycles. The first-order chi connectivity index (χ1) is 4.85. The van der Waals surface area contributed by atoms with Crippen LogP contribution in [0.4, 0.5) is 0 Å². The summed E-state index contributed by atoms with van der Waals surface area (Å²) in [4.78, 5) is 11.1. The molecule has 0 saturated carbocycles. The van der Waals surface area contributed by atoms with Crippen LogP contribution >= 0.6 is 11.8 Å². The van der Waals surface area contributed by atoms with Gasteiger partial charge in [0.1, 0.15) is 0 Å². The number of rotatable bonds is 5. The molecule has 0 amide bonds. The number of allylic oxidation sites excluding steroid dienone is 2. The topological polar surface area (TPSA) is 17.1 Å². The number of carbonyl (C=O) groups excluding carboxylic acids is 1. The standard InChI is InChI=1S/C8H14OS/c1-3-5-6-10-8(4-2)7-9/h4,7H,3,5-6H2,1-2H3/b8-4+. The van der Waals surface area contributed by atoms with Gasteiger partial charge in [-0.05, 0) is 19.1 Å². The van der Waals surface area contributed by atoms with Gasteiger partial charge < -0.3 is 0 Å². The highest BCUT2D eigenvalue weighted by Crippen LogP contribution is 2.14. The Kier molecular flexibility index (Phi) is 6.71. The van der Waals surface area contributed by atoms with Crippen molar-refractivity contribution in [3.05, 3.63) is 11.0 Å². The third-order valence-electron chi connectivity index (χ3n) is 1.17. The highest BCUT2D eigenvalue weighted by Gasteiger charge is 1.92. The molecule has 0 aromatic heterocycles. The molecule has 0 radical (unpaired) electrons. The highest BCUT2D eigenvalue weighted by molar-refractivity contribution is 8.03. The first-order valence-corrected chi connectivity index (χ1v) is 4.58. The number of hydrogen-bond donors (Lipinski definition) is 0. The minimum absolute atomic E-state index is 0.855. The summed E-state index contributed by atoms with van der Waals surface area (Å²) in [5.74, 6) is 1.06. The first kappa shape index (κ1) is 9.76. The maximum absolute atomic E-state index is 10.2. The summed E-state index contributed by atoms with van der Waals surface area (Å²) in [5, 5.41) is 0. The van der Waals surface area contributed by atoms with Gasteiger partial charge in [-0.2, -0.15) is 0 Å². The van der Waals surface area contributed by atoms with Gasteiger partial charge in [-0.25, -0.2) is 0 Å². The van der Waals surface area contributed by atoms with Crippen LogP contribution in [0.25, 0.3) is 0 Å². The van der Waals surface area contributed by atoms with Crippen LogP contribution in [0.2, 0.25) is 0 Å². The molecule has 0 aliphatic carbocycles. The van der Waals surface area contributed by atoms with E-state index in [1.54, 1.807) is 11.8 Å². The van der Waals surface area contributed by atoms with Gasteiger partial charge in [0.15, 0.2) is 6.29 Å². The van der Waals surface area contributed by atoms with Gasteiger partial charge in [0.05, 0.1) is 0 Å². The van der Waals surface area contributed by atoms with E-state index in [1.807, 2.05) is 13.0 Å². The lowest BCUT2D eigenvalue weighted by Crippen LogP contribution is -1.81. The second-order valence-electron chi connectivity index (χ2n) is 2.01. The van der Waals surface area contributed by atoms with E-state index in [0.717, 1.165) is 16.9 Å². The van der Waals surface area contributed by atoms with Crippen LogP contribution in [-0.4, -0.2) is 12.0 Å². The Bertz CT molecular complexity index is 118. The molecule has 0 heterocycles. The van der Waals surface area contributed by atoms with E-state index >= 15 is 0 Å². The zero-order valence-corrected chi connectivity index (χ0v) is 7.41. The van der Waals surface area contributed by atoms with Crippen LogP contribution < -0.4 is 0 Å². The van der Waals surface area contributed by atoms with E-state index < -0.39 is 0 Å². The monoisotopic (exact) mass is 158 g/mol.